The molecule has 1 atom stereocenters. The molecule has 8 heteroatoms. The van der Waals surface area contributed by atoms with Crippen LogP contribution in [0.5, 0.6) is 0 Å². The predicted molar refractivity (Wildman–Crippen MR) is 107 cm³/mol. The van der Waals surface area contributed by atoms with Gasteiger partial charge in [-0.1, -0.05) is 12.1 Å². The minimum Gasteiger partial charge on any atom is -0.389 e. The lowest BCUT2D eigenvalue weighted by molar-refractivity contribution is 0.0253. The molecule has 0 amide bonds. The molecule has 2 rings (SSSR count). The SMILES string of the molecule is CCO[Si](CCCOCC(O)Cn1cnc2ccccc21)(OCC)OCC. The third-order valence-corrected chi connectivity index (χ3v) is 7.26. The van der Waals surface area contributed by atoms with E-state index < -0.39 is 14.9 Å². The number of ether oxygens (including phenoxy) is 1. The average Bonchev–Trinajstić information content (AvgIpc) is 3.05. The van der Waals surface area contributed by atoms with Gasteiger partial charge in [-0.05, 0) is 39.3 Å². The molecule has 7 nitrogen and oxygen atoms in total. The first-order valence-corrected chi connectivity index (χ1v) is 11.6. The van der Waals surface area contributed by atoms with Gasteiger partial charge < -0.3 is 27.7 Å². The predicted octanol–water partition coefficient (Wildman–Crippen LogP) is 2.85. The van der Waals surface area contributed by atoms with Crippen molar-refractivity contribution in [1.29, 1.82) is 0 Å². The highest BCUT2D eigenvalue weighted by Gasteiger charge is 2.39. The van der Waals surface area contributed by atoms with Gasteiger partial charge in [0, 0.05) is 32.5 Å². The van der Waals surface area contributed by atoms with Gasteiger partial charge in [-0.3, -0.25) is 0 Å². The summed E-state index contributed by atoms with van der Waals surface area (Å²) in [5.74, 6) is 0. The highest BCUT2D eigenvalue weighted by molar-refractivity contribution is 6.60. The second kappa shape index (κ2) is 11.5. The van der Waals surface area contributed by atoms with Gasteiger partial charge >= 0.3 is 8.80 Å². The number of fused-ring (bicyclic) bond motifs is 1. The largest absolute Gasteiger partial charge is 0.501 e. The van der Waals surface area contributed by atoms with E-state index in [1.807, 2.05) is 49.6 Å². The van der Waals surface area contributed by atoms with Gasteiger partial charge in [-0.15, -0.1) is 0 Å². The van der Waals surface area contributed by atoms with Gasteiger partial charge in [-0.25, -0.2) is 4.98 Å². The summed E-state index contributed by atoms with van der Waals surface area (Å²) in [4.78, 5) is 4.33. The number of nitrogens with zero attached hydrogens (tertiary/aromatic N) is 2. The summed E-state index contributed by atoms with van der Waals surface area (Å²) in [5.41, 5.74) is 1.94. The van der Waals surface area contributed by atoms with E-state index in [0.29, 0.717) is 39.0 Å². The van der Waals surface area contributed by atoms with E-state index in [2.05, 4.69) is 4.98 Å². The fourth-order valence-corrected chi connectivity index (χ4v) is 5.63. The van der Waals surface area contributed by atoms with Gasteiger partial charge in [-0.2, -0.15) is 0 Å². The molecule has 0 bridgehead atoms. The highest BCUT2D eigenvalue weighted by Crippen LogP contribution is 2.18. The van der Waals surface area contributed by atoms with Crippen LogP contribution in [0, 0.1) is 0 Å². The van der Waals surface area contributed by atoms with Crippen molar-refractivity contribution in [3.63, 3.8) is 0 Å². The van der Waals surface area contributed by atoms with E-state index >= 15 is 0 Å². The van der Waals surface area contributed by atoms with Crippen LogP contribution in [-0.2, 0) is 24.6 Å². The van der Waals surface area contributed by atoms with Gasteiger partial charge in [0.05, 0.1) is 36.6 Å². The average molecular weight is 397 g/mol. The summed E-state index contributed by atoms with van der Waals surface area (Å²) in [7, 11) is -2.61. The number of rotatable bonds is 14. The van der Waals surface area contributed by atoms with Crippen molar-refractivity contribution in [3.05, 3.63) is 30.6 Å². The van der Waals surface area contributed by atoms with Gasteiger partial charge in [0.25, 0.3) is 0 Å². The number of benzene rings is 1. The van der Waals surface area contributed by atoms with E-state index in [0.717, 1.165) is 17.5 Å². The smallest absolute Gasteiger partial charge is 0.389 e. The Morgan fingerprint density at radius 3 is 2.41 bits per heavy atom. The molecule has 0 saturated carbocycles. The standard InChI is InChI=1S/C19H32N2O5Si/c1-4-24-27(25-5-2,26-6-3)13-9-12-23-15-17(22)14-21-16-20-18-10-7-8-11-19(18)21/h7-8,10-11,16-17,22H,4-6,9,12-15H2,1-3H3. The van der Waals surface area contributed by atoms with Crippen molar-refractivity contribution in [1.82, 2.24) is 9.55 Å². The summed E-state index contributed by atoms with van der Waals surface area (Å²) >= 11 is 0. The van der Waals surface area contributed by atoms with Gasteiger partial charge in [0.15, 0.2) is 0 Å². The Morgan fingerprint density at radius 2 is 1.74 bits per heavy atom. The van der Waals surface area contributed by atoms with E-state index in [9.17, 15) is 5.11 Å². The molecule has 1 unspecified atom stereocenters. The molecule has 1 N–H and O–H groups in total. The molecule has 1 aromatic heterocycles. The number of aromatic nitrogens is 2. The van der Waals surface area contributed by atoms with Crippen LogP contribution in [0.15, 0.2) is 30.6 Å². The Hall–Kier alpha value is -1.29. The molecular weight excluding hydrogens is 364 g/mol. The van der Waals surface area contributed by atoms with Crippen molar-refractivity contribution >= 4 is 19.8 Å². The Bertz CT molecular complexity index is 649. The van der Waals surface area contributed by atoms with Crippen LogP contribution in [0.4, 0.5) is 0 Å². The first-order valence-electron chi connectivity index (χ1n) is 9.71. The summed E-state index contributed by atoms with van der Waals surface area (Å²) in [6.45, 7) is 8.84. The van der Waals surface area contributed by atoms with Crippen molar-refractivity contribution in [2.45, 2.75) is 45.9 Å². The van der Waals surface area contributed by atoms with Gasteiger partial charge in [0.2, 0.25) is 0 Å². The summed E-state index contributed by atoms with van der Waals surface area (Å²) in [5, 5.41) is 10.3. The summed E-state index contributed by atoms with van der Waals surface area (Å²) < 4.78 is 25.1. The van der Waals surface area contributed by atoms with E-state index in [4.69, 9.17) is 18.0 Å². The third-order valence-electron chi connectivity index (χ3n) is 4.11. The van der Waals surface area contributed by atoms with Crippen molar-refractivity contribution in [2.75, 3.05) is 33.0 Å². The zero-order chi connectivity index (χ0) is 19.5. The van der Waals surface area contributed by atoms with E-state index in [1.165, 1.54) is 0 Å². The monoisotopic (exact) mass is 396 g/mol. The molecule has 0 fully saturated rings. The Labute approximate surface area is 162 Å². The van der Waals surface area contributed by atoms with Crippen molar-refractivity contribution in [2.24, 2.45) is 0 Å². The second-order valence-electron chi connectivity index (χ2n) is 6.20. The van der Waals surface area contributed by atoms with E-state index in [1.54, 1.807) is 6.33 Å². The molecular formula is C19H32N2O5Si. The molecule has 2 aromatic rings. The lowest BCUT2D eigenvalue weighted by Crippen LogP contribution is -2.46. The van der Waals surface area contributed by atoms with Crippen LogP contribution in [0.25, 0.3) is 11.0 Å². The topological polar surface area (TPSA) is 75.0 Å². The molecule has 0 aliphatic carbocycles. The zero-order valence-corrected chi connectivity index (χ0v) is 17.6. The molecule has 0 saturated heterocycles. The quantitative estimate of drug-likeness (QED) is 0.391. The normalized spacial score (nSPS) is 13.3. The summed E-state index contributed by atoms with van der Waals surface area (Å²) in [6, 6.07) is 8.59. The summed E-state index contributed by atoms with van der Waals surface area (Å²) in [6.07, 6.45) is 1.93. The number of hydrogen-bond donors (Lipinski definition) is 1. The molecule has 27 heavy (non-hydrogen) atoms. The Kier molecular flexibility index (Phi) is 9.39. The van der Waals surface area contributed by atoms with Crippen LogP contribution in [0.1, 0.15) is 27.2 Å². The molecule has 0 radical (unpaired) electrons. The number of para-hydroxylation sites is 2. The van der Waals surface area contributed by atoms with E-state index in [-0.39, 0.29) is 6.61 Å². The van der Waals surface area contributed by atoms with Crippen LogP contribution in [0.3, 0.4) is 0 Å². The lowest BCUT2D eigenvalue weighted by Gasteiger charge is -2.28. The number of imidazole rings is 1. The highest BCUT2D eigenvalue weighted by atomic mass is 28.4. The van der Waals surface area contributed by atoms with Crippen molar-refractivity contribution < 1.29 is 23.1 Å². The lowest BCUT2D eigenvalue weighted by atomic mass is 10.3. The second-order valence-corrected chi connectivity index (χ2v) is 8.93. The maximum atomic E-state index is 10.3. The maximum absolute atomic E-state index is 10.3. The fourth-order valence-electron chi connectivity index (χ4n) is 3.05. The first kappa shape index (κ1) is 22.0. The Morgan fingerprint density at radius 1 is 1.07 bits per heavy atom. The molecule has 1 heterocycles. The van der Waals surface area contributed by atoms with Crippen LogP contribution in [-0.4, -0.2) is 62.6 Å². The zero-order valence-electron chi connectivity index (χ0n) is 16.6. The maximum Gasteiger partial charge on any atom is 0.501 e. The fraction of sp³-hybridized carbons (Fsp3) is 0.632. The van der Waals surface area contributed by atoms with Crippen molar-refractivity contribution in [3.8, 4) is 0 Å². The van der Waals surface area contributed by atoms with Crippen LogP contribution >= 0.6 is 0 Å². The number of aliphatic hydroxyl groups is 1. The molecule has 0 aliphatic rings. The minimum absolute atomic E-state index is 0.277. The van der Waals surface area contributed by atoms with Gasteiger partial charge in [0.1, 0.15) is 0 Å². The first-order chi connectivity index (χ1) is 13.1. The van der Waals surface area contributed by atoms with Crippen LogP contribution < -0.4 is 0 Å². The molecule has 1 aromatic carbocycles. The molecule has 0 spiro atoms. The molecule has 0 aliphatic heterocycles. The molecule has 152 valence electrons. The number of hydrogen-bond acceptors (Lipinski definition) is 6. The Balaban J connectivity index is 1.73. The third kappa shape index (κ3) is 6.67. The van der Waals surface area contributed by atoms with Crippen LogP contribution in [0.2, 0.25) is 6.04 Å². The number of aliphatic hydroxyl groups excluding tert-OH is 1. The minimum atomic E-state index is -2.61.